The van der Waals surface area contributed by atoms with E-state index in [0.29, 0.717) is 5.57 Å². The van der Waals surface area contributed by atoms with E-state index in [2.05, 4.69) is 13.5 Å². The van der Waals surface area contributed by atoms with Gasteiger partial charge in [-0.05, 0) is 12.8 Å². The molecule has 0 radical (unpaired) electrons. The lowest BCUT2D eigenvalue weighted by atomic mass is 10.0. The summed E-state index contributed by atoms with van der Waals surface area (Å²) in [5.41, 5.74) is 0.361. The topological polar surface area (TPSA) is 46.5 Å². The molecular formula is C22H38O3. The first-order valence-electron chi connectivity index (χ1n) is 10.5. The molecule has 0 bridgehead atoms. The predicted molar refractivity (Wildman–Crippen MR) is 104 cm³/mol. The fourth-order valence-electron chi connectivity index (χ4n) is 3.31. The van der Waals surface area contributed by atoms with Gasteiger partial charge in [0.15, 0.2) is 0 Å². The third-order valence-corrected chi connectivity index (χ3v) is 4.98. The van der Waals surface area contributed by atoms with Gasteiger partial charge in [0, 0.05) is 0 Å². The Kier molecular flexibility index (Phi) is 12.4. The van der Waals surface area contributed by atoms with Gasteiger partial charge in [0.25, 0.3) is 0 Å². The maximum atomic E-state index is 11.5. The monoisotopic (exact) mass is 350 g/mol. The van der Waals surface area contributed by atoms with Crippen LogP contribution in [0.15, 0.2) is 24.0 Å². The summed E-state index contributed by atoms with van der Waals surface area (Å²) >= 11 is 0. The summed E-state index contributed by atoms with van der Waals surface area (Å²) in [6.07, 6.45) is 20.5. The average Bonchev–Trinajstić information content (AvgIpc) is 2.84. The van der Waals surface area contributed by atoms with E-state index in [4.69, 9.17) is 4.74 Å². The first-order chi connectivity index (χ1) is 12.2. The quantitative estimate of drug-likeness (QED) is 0.217. The molecule has 3 heteroatoms. The number of cyclic esters (lactones) is 1. The molecule has 0 saturated carbocycles. The number of ether oxygens (including phenoxy) is 1. The highest BCUT2D eigenvalue weighted by Gasteiger charge is 2.32. The smallest absolute Gasteiger partial charge is 0.341 e. The Morgan fingerprint density at radius 2 is 1.32 bits per heavy atom. The number of unbranched alkanes of at least 4 members (excludes halogenated alkanes) is 14. The molecule has 0 aliphatic carbocycles. The van der Waals surface area contributed by atoms with E-state index in [-0.39, 0.29) is 5.76 Å². The molecule has 0 aromatic carbocycles. The molecule has 0 amide bonds. The number of esters is 1. The van der Waals surface area contributed by atoms with Gasteiger partial charge in [-0.3, -0.25) is 0 Å². The number of hydrogen-bond donors (Lipinski definition) is 1. The van der Waals surface area contributed by atoms with Crippen LogP contribution in [0.1, 0.15) is 103 Å². The van der Waals surface area contributed by atoms with Gasteiger partial charge in [0.05, 0.1) is 5.57 Å². The minimum Gasteiger partial charge on any atom is -0.425 e. The number of aliphatic hydroxyl groups is 1. The molecule has 1 aliphatic rings. The Labute approximate surface area is 154 Å². The second-order valence-electron chi connectivity index (χ2n) is 7.30. The highest BCUT2D eigenvalue weighted by molar-refractivity contribution is 5.93. The van der Waals surface area contributed by atoms with Crippen molar-refractivity contribution < 1.29 is 14.6 Å². The standard InChI is InChI=1S/C22H38O3/c1-3-4-5-6-7-8-9-10-11-12-13-14-15-16-17-18-20-21(23)19(2)25-22(20)24/h18,21,23H,2-17H2,1H3. The molecule has 1 fully saturated rings. The van der Waals surface area contributed by atoms with Crippen LogP contribution in [0.2, 0.25) is 0 Å². The molecule has 1 heterocycles. The average molecular weight is 351 g/mol. The summed E-state index contributed by atoms with van der Waals surface area (Å²) < 4.78 is 4.81. The summed E-state index contributed by atoms with van der Waals surface area (Å²) in [7, 11) is 0. The van der Waals surface area contributed by atoms with Gasteiger partial charge in [0.1, 0.15) is 11.9 Å². The molecular weight excluding hydrogens is 312 g/mol. The molecule has 1 N–H and O–H groups in total. The largest absolute Gasteiger partial charge is 0.425 e. The number of carbonyl (C=O) groups is 1. The predicted octanol–water partition coefficient (Wildman–Crippen LogP) is 6.22. The molecule has 0 aromatic heterocycles. The fourth-order valence-corrected chi connectivity index (χ4v) is 3.31. The molecule has 0 spiro atoms. The Balaban J connectivity index is 1.85. The van der Waals surface area contributed by atoms with Gasteiger partial charge in [0.2, 0.25) is 0 Å². The number of hydrogen-bond acceptors (Lipinski definition) is 3. The third kappa shape index (κ3) is 9.84. The van der Waals surface area contributed by atoms with E-state index in [0.717, 1.165) is 12.8 Å². The maximum Gasteiger partial charge on any atom is 0.341 e. The van der Waals surface area contributed by atoms with E-state index in [1.54, 1.807) is 0 Å². The van der Waals surface area contributed by atoms with Crippen LogP contribution >= 0.6 is 0 Å². The van der Waals surface area contributed by atoms with Gasteiger partial charge in [-0.15, -0.1) is 0 Å². The van der Waals surface area contributed by atoms with E-state index < -0.39 is 12.1 Å². The van der Waals surface area contributed by atoms with Crippen molar-refractivity contribution in [3.05, 3.63) is 24.0 Å². The molecule has 144 valence electrons. The van der Waals surface area contributed by atoms with Crippen molar-refractivity contribution in [1.29, 1.82) is 0 Å². The van der Waals surface area contributed by atoms with Crippen LogP contribution in [0, 0.1) is 0 Å². The summed E-state index contributed by atoms with van der Waals surface area (Å²) in [6, 6.07) is 0. The van der Waals surface area contributed by atoms with Crippen LogP contribution in [0.3, 0.4) is 0 Å². The minimum atomic E-state index is -0.931. The van der Waals surface area contributed by atoms with E-state index in [1.165, 1.54) is 83.5 Å². The molecule has 1 aliphatic heterocycles. The molecule has 1 rings (SSSR count). The van der Waals surface area contributed by atoms with Crippen molar-refractivity contribution in [1.82, 2.24) is 0 Å². The van der Waals surface area contributed by atoms with Crippen molar-refractivity contribution in [3.63, 3.8) is 0 Å². The normalized spacial score (nSPS) is 19.0. The van der Waals surface area contributed by atoms with Crippen LogP contribution in [0.5, 0.6) is 0 Å². The number of carbonyl (C=O) groups excluding carboxylic acids is 1. The van der Waals surface area contributed by atoms with Gasteiger partial charge >= 0.3 is 5.97 Å². The Morgan fingerprint density at radius 1 is 0.880 bits per heavy atom. The SMILES string of the molecule is C=C1OC(=O)C(=CCCCCCCCCCCCCCCCC)C1O. The Morgan fingerprint density at radius 3 is 1.72 bits per heavy atom. The summed E-state index contributed by atoms with van der Waals surface area (Å²) in [5, 5.41) is 9.73. The molecule has 25 heavy (non-hydrogen) atoms. The summed E-state index contributed by atoms with van der Waals surface area (Å²) in [5.74, 6) is -0.292. The van der Waals surface area contributed by atoms with Crippen molar-refractivity contribution in [2.45, 2.75) is 109 Å². The summed E-state index contributed by atoms with van der Waals surface area (Å²) in [4.78, 5) is 11.5. The zero-order valence-electron chi connectivity index (χ0n) is 16.2. The lowest BCUT2D eigenvalue weighted by Crippen LogP contribution is -2.07. The zero-order chi connectivity index (χ0) is 18.3. The molecule has 0 aromatic rings. The molecule has 3 nitrogen and oxygen atoms in total. The first kappa shape index (κ1) is 22.0. The van der Waals surface area contributed by atoms with Crippen molar-refractivity contribution in [3.8, 4) is 0 Å². The second-order valence-corrected chi connectivity index (χ2v) is 7.30. The van der Waals surface area contributed by atoms with Crippen molar-refractivity contribution >= 4 is 5.97 Å². The maximum absolute atomic E-state index is 11.5. The number of allylic oxidation sites excluding steroid dienone is 1. The Bertz CT molecular complexity index is 411. The van der Waals surface area contributed by atoms with Crippen LogP contribution in [-0.4, -0.2) is 17.2 Å². The van der Waals surface area contributed by atoms with Crippen LogP contribution in [-0.2, 0) is 9.53 Å². The van der Waals surface area contributed by atoms with E-state index in [1.807, 2.05) is 6.08 Å². The van der Waals surface area contributed by atoms with Crippen LogP contribution in [0.4, 0.5) is 0 Å². The van der Waals surface area contributed by atoms with Crippen molar-refractivity contribution in [2.24, 2.45) is 0 Å². The third-order valence-electron chi connectivity index (χ3n) is 4.98. The second kappa shape index (κ2) is 14.1. The van der Waals surface area contributed by atoms with E-state index in [9.17, 15) is 9.90 Å². The van der Waals surface area contributed by atoms with Gasteiger partial charge in [-0.25, -0.2) is 4.79 Å². The van der Waals surface area contributed by atoms with Crippen LogP contribution < -0.4 is 0 Å². The first-order valence-corrected chi connectivity index (χ1v) is 10.5. The Hall–Kier alpha value is -1.09. The minimum absolute atomic E-state index is 0.150. The lowest BCUT2D eigenvalue weighted by molar-refractivity contribution is -0.132. The number of aliphatic hydroxyl groups excluding tert-OH is 1. The molecule has 1 atom stereocenters. The van der Waals surface area contributed by atoms with E-state index >= 15 is 0 Å². The highest BCUT2D eigenvalue weighted by atomic mass is 16.6. The lowest BCUT2D eigenvalue weighted by Gasteiger charge is -2.03. The molecule has 1 unspecified atom stereocenters. The zero-order valence-corrected chi connectivity index (χ0v) is 16.2. The van der Waals surface area contributed by atoms with Crippen molar-refractivity contribution in [2.75, 3.05) is 0 Å². The van der Waals surface area contributed by atoms with Crippen LogP contribution in [0.25, 0.3) is 0 Å². The summed E-state index contributed by atoms with van der Waals surface area (Å²) in [6.45, 7) is 5.79. The fraction of sp³-hybridized carbons (Fsp3) is 0.773. The van der Waals surface area contributed by atoms with Gasteiger partial charge in [-0.2, -0.15) is 0 Å². The highest BCUT2D eigenvalue weighted by Crippen LogP contribution is 2.23. The van der Waals surface area contributed by atoms with Gasteiger partial charge < -0.3 is 9.84 Å². The number of rotatable bonds is 15. The van der Waals surface area contributed by atoms with Gasteiger partial charge in [-0.1, -0.05) is 103 Å². The molecule has 1 saturated heterocycles.